The van der Waals surface area contributed by atoms with Crippen LogP contribution >= 0.6 is 0 Å². The molecular formula is C11H15N5O3. The van der Waals surface area contributed by atoms with E-state index >= 15 is 0 Å². The van der Waals surface area contributed by atoms with E-state index < -0.39 is 11.7 Å². The number of imidazole rings is 1. The first kappa shape index (κ1) is 13.2. The van der Waals surface area contributed by atoms with E-state index in [4.69, 9.17) is 10.5 Å². The third-order valence-electron chi connectivity index (χ3n) is 2.65. The minimum Gasteiger partial charge on any atom is -0.462 e. The third-order valence-corrected chi connectivity index (χ3v) is 2.65. The average molecular weight is 265 g/mol. The van der Waals surface area contributed by atoms with E-state index in [1.54, 1.807) is 0 Å². The predicted molar refractivity (Wildman–Crippen MR) is 66.9 cm³/mol. The lowest BCUT2D eigenvalue weighted by Crippen LogP contribution is -2.40. The van der Waals surface area contributed by atoms with Crippen LogP contribution in [0, 0.1) is 0 Å². The van der Waals surface area contributed by atoms with Crippen LogP contribution in [0.2, 0.25) is 0 Å². The number of carbonyl (C=O) groups excluding carboxylic acids is 1. The number of nitrogens with zero attached hydrogens (tertiary/aromatic N) is 4. The van der Waals surface area contributed by atoms with Gasteiger partial charge in [-0.3, -0.25) is 4.57 Å². The van der Waals surface area contributed by atoms with Gasteiger partial charge in [0.15, 0.2) is 11.5 Å². The van der Waals surface area contributed by atoms with Gasteiger partial charge in [0.2, 0.25) is 5.72 Å². The van der Waals surface area contributed by atoms with E-state index in [2.05, 4.69) is 15.0 Å². The molecule has 0 saturated heterocycles. The van der Waals surface area contributed by atoms with Crippen molar-refractivity contribution >= 4 is 23.0 Å². The van der Waals surface area contributed by atoms with Gasteiger partial charge in [0.25, 0.3) is 0 Å². The van der Waals surface area contributed by atoms with Gasteiger partial charge in [-0.2, -0.15) is 0 Å². The van der Waals surface area contributed by atoms with Crippen LogP contribution in [0.5, 0.6) is 0 Å². The fourth-order valence-corrected chi connectivity index (χ4v) is 1.60. The molecule has 0 aliphatic carbocycles. The molecule has 0 radical (unpaired) electrons. The van der Waals surface area contributed by atoms with Crippen molar-refractivity contribution in [3.05, 3.63) is 12.7 Å². The monoisotopic (exact) mass is 265 g/mol. The van der Waals surface area contributed by atoms with Crippen molar-refractivity contribution in [2.75, 3.05) is 12.3 Å². The Balaban J connectivity index is 2.43. The fourth-order valence-electron chi connectivity index (χ4n) is 1.60. The van der Waals surface area contributed by atoms with Crippen LogP contribution < -0.4 is 5.73 Å². The van der Waals surface area contributed by atoms with Crippen molar-refractivity contribution in [3.8, 4) is 0 Å². The molecule has 8 heteroatoms. The van der Waals surface area contributed by atoms with Crippen molar-refractivity contribution in [2.24, 2.45) is 0 Å². The maximum Gasteiger partial charge on any atom is 0.359 e. The average Bonchev–Trinajstić information content (AvgIpc) is 2.81. The van der Waals surface area contributed by atoms with E-state index in [1.807, 2.05) is 6.92 Å². The summed E-state index contributed by atoms with van der Waals surface area (Å²) in [5.74, 6) is -0.590. The van der Waals surface area contributed by atoms with Gasteiger partial charge in [0, 0.05) is 0 Å². The van der Waals surface area contributed by atoms with Crippen molar-refractivity contribution in [1.82, 2.24) is 19.5 Å². The molecule has 0 aromatic carbocycles. The first-order valence-electron chi connectivity index (χ1n) is 5.82. The lowest BCUT2D eigenvalue weighted by Gasteiger charge is -2.22. The molecule has 0 aliphatic rings. The number of ether oxygens (including phenoxy) is 1. The Hall–Kier alpha value is -2.22. The van der Waals surface area contributed by atoms with Gasteiger partial charge in [-0.05, 0) is 13.3 Å². The highest BCUT2D eigenvalue weighted by atomic mass is 16.6. The van der Waals surface area contributed by atoms with Crippen LogP contribution in [-0.4, -0.2) is 37.2 Å². The van der Waals surface area contributed by atoms with Crippen LogP contribution in [0.3, 0.4) is 0 Å². The molecular weight excluding hydrogens is 250 g/mol. The molecule has 0 amide bonds. The van der Waals surface area contributed by atoms with Gasteiger partial charge in [0.05, 0.1) is 6.61 Å². The molecule has 19 heavy (non-hydrogen) atoms. The zero-order valence-corrected chi connectivity index (χ0v) is 10.7. The summed E-state index contributed by atoms with van der Waals surface area (Å²) >= 11 is 0. The van der Waals surface area contributed by atoms with E-state index in [0.29, 0.717) is 11.9 Å². The predicted octanol–water partition coefficient (Wildman–Crippen LogP) is 0.0267. The number of nitrogen functional groups attached to an aromatic ring is 1. The molecule has 3 N–H and O–H groups in total. The number of rotatable bonds is 4. The molecule has 2 aromatic rings. The fraction of sp³-hybridized carbons (Fsp3) is 0.455. The Morgan fingerprint density at radius 1 is 1.53 bits per heavy atom. The van der Waals surface area contributed by atoms with E-state index in [1.165, 1.54) is 24.1 Å². The highest BCUT2D eigenvalue weighted by molar-refractivity contribution is 5.84. The molecule has 102 valence electrons. The molecule has 0 spiro atoms. The van der Waals surface area contributed by atoms with Gasteiger partial charge in [-0.15, -0.1) is 0 Å². The van der Waals surface area contributed by atoms with Crippen molar-refractivity contribution in [2.45, 2.75) is 26.0 Å². The summed E-state index contributed by atoms with van der Waals surface area (Å²) in [6, 6.07) is 0. The Morgan fingerprint density at radius 3 is 2.95 bits per heavy atom. The number of hydrogen-bond donors (Lipinski definition) is 2. The van der Waals surface area contributed by atoms with Crippen LogP contribution in [0.15, 0.2) is 12.7 Å². The first-order valence-corrected chi connectivity index (χ1v) is 5.82. The van der Waals surface area contributed by atoms with Gasteiger partial charge in [-0.1, -0.05) is 6.92 Å². The number of carbonyl (C=O) groups is 1. The molecule has 1 atom stereocenters. The number of nitrogens with two attached hydrogens (primary N) is 1. The second-order valence-corrected chi connectivity index (χ2v) is 4.20. The van der Waals surface area contributed by atoms with Crippen LogP contribution in [0.4, 0.5) is 5.82 Å². The van der Waals surface area contributed by atoms with E-state index in [0.717, 1.165) is 0 Å². The van der Waals surface area contributed by atoms with Gasteiger partial charge >= 0.3 is 5.97 Å². The molecule has 8 nitrogen and oxygen atoms in total. The van der Waals surface area contributed by atoms with Gasteiger partial charge < -0.3 is 15.6 Å². The second-order valence-electron chi connectivity index (χ2n) is 4.20. The summed E-state index contributed by atoms with van der Waals surface area (Å²) in [5, 5.41) is 10.3. The number of anilines is 1. The SMILES string of the molecule is CCCOC(=O)[C@@](C)(O)n1cnc2c(N)ncnc21. The minimum absolute atomic E-state index is 0.182. The van der Waals surface area contributed by atoms with E-state index in [-0.39, 0.29) is 18.1 Å². The number of esters is 1. The quantitative estimate of drug-likeness (QED) is 0.749. The zero-order valence-electron chi connectivity index (χ0n) is 10.7. The van der Waals surface area contributed by atoms with Crippen LogP contribution in [-0.2, 0) is 15.3 Å². The highest BCUT2D eigenvalue weighted by Crippen LogP contribution is 2.22. The molecule has 0 saturated carbocycles. The van der Waals surface area contributed by atoms with Crippen molar-refractivity contribution in [1.29, 1.82) is 0 Å². The summed E-state index contributed by atoms with van der Waals surface area (Å²) in [6.45, 7) is 3.41. The number of fused-ring (bicyclic) bond motifs is 1. The largest absolute Gasteiger partial charge is 0.462 e. The normalized spacial score (nSPS) is 14.3. The first-order chi connectivity index (χ1) is 8.98. The topological polar surface area (TPSA) is 116 Å². The standard InChI is InChI=1S/C11H15N5O3/c1-3-4-19-10(17)11(2,18)16-6-15-7-8(12)13-5-14-9(7)16/h5-6,18H,3-4H2,1-2H3,(H2,12,13,14)/t11-/m1/s1. The molecule has 2 rings (SSSR count). The molecule has 0 aliphatic heterocycles. The molecule has 2 aromatic heterocycles. The third kappa shape index (κ3) is 2.22. The number of aromatic nitrogens is 4. The lowest BCUT2D eigenvalue weighted by molar-refractivity contribution is -0.174. The van der Waals surface area contributed by atoms with Crippen molar-refractivity contribution in [3.63, 3.8) is 0 Å². The summed E-state index contributed by atoms with van der Waals surface area (Å²) in [6.07, 6.45) is 3.19. The summed E-state index contributed by atoms with van der Waals surface area (Å²) < 4.78 is 6.15. The van der Waals surface area contributed by atoms with E-state index in [9.17, 15) is 9.90 Å². The number of hydrogen-bond acceptors (Lipinski definition) is 7. The Labute approximate surface area is 109 Å². The molecule has 0 unspecified atom stereocenters. The molecule has 2 heterocycles. The molecule has 0 bridgehead atoms. The Morgan fingerprint density at radius 2 is 2.26 bits per heavy atom. The van der Waals surface area contributed by atoms with Crippen LogP contribution in [0.25, 0.3) is 11.2 Å². The Kier molecular flexibility index (Phi) is 3.34. The maximum atomic E-state index is 11.9. The van der Waals surface area contributed by atoms with Crippen LogP contribution in [0.1, 0.15) is 20.3 Å². The van der Waals surface area contributed by atoms with Gasteiger partial charge in [-0.25, -0.2) is 19.7 Å². The smallest absolute Gasteiger partial charge is 0.359 e. The summed E-state index contributed by atoms with van der Waals surface area (Å²) in [7, 11) is 0. The van der Waals surface area contributed by atoms with Gasteiger partial charge in [0.1, 0.15) is 18.2 Å². The Bertz CT molecular complexity index is 607. The number of aliphatic hydroxyl groups is 1. The highest BCUT2D eigenvalue weighted by Gasteiger charge is 2.36. The summed E-state index contributed by atoms with van der Waals surface area (Å²) in [4.78, 5) is 23.6. The zero-order chi connectivity index (χ0) is 14.0. The lowest BCUT2D eigenvalue weighted by atomic mass is 10.2. The summed E-state index contributed by atoms with van der Waals surface area (Å²) in [5.41, 5.74) is 4.34. The minimum atomic E-state index is -1.90. The van der Waals surface area contributed by atoms with Crippen molar-refractivity contribution < 1.29 is 14.6 Å². The second kappa shape index (κ2) is 4.81. The molecule has 0 fully saturated rings. The maximum absolute atomic E-state index is 11.9.